The van der Waals surface area contributed by atoms with Gasteiger partial charge < -0.3 is 25.4 Å². The lowest BCUT2D eigenvalue weighted by atomic mass is 9.87. The number of carbonyl (C=O) groups excluding carboxylic acids is 3. The molecule has 3 aliphatic heterocycles. The van der Waals surface area contributed by atoms with Crippen molar-refractivity contribution in [3.63, 3.8) is 0 Å². The maximum absolute atomic E-state index is 14.4. The van der Waals surface area contributed by atoms with Gasteiger partial charge in [0.1, 0.15) is 29.0 Å². The van der Waals surface area contributed by atoms with Crippen LogP contribution in [0.25, 0.3) is 10.9 Å². The number of sulfonamides is 1. The standard InChI is InChI=1S/C36H42F3N5O8S/c1-20-28-23(24-16-21(36(37,38)39)10-11-25(24)40-20)12-13-34(52-28)18-27-29(45)42-35(31(47)43-53(50,51)33(2)14-15-33)17-22(35)8-6-4-3-5-7-9-26(41-32(48)49)30(46)44(27)19-34/h6,8,10-11,16,22,26-27,41H,3-5,7,9,12-15,17-19H2,1-2H3,(H,42,45)(H,43,47)(H,48,49)/b8-6-/t22-,26+,27+,34-,35-/m1/s1. The second kappa shape index (κ2) is 12.9. The molecule has 1 aromatic carbocycles. The summed E-state index contributed by atoms with van der Waals surface area (Å²) in [6, 6.07) is 0.857. The lowest BCUT2D eigenvalue weighted by Crippen LogP contribution is -2.58. The number of allylic oxidation sites excluding steroid dienone is 1. The number of carbonyl (C=O) groups is 4. The van der Waals surface area contributed by atoms with Crippen molar-refractivity contribution in [3.8, 4) is 5.75 Å². The molecule has 5 atom stereocenters. The Kier molecular flexibility index (Phi) is 8.97. The van der Waals surface area contributed by atoms with Crippen molar-refractivity contribution >= 4 is 44.7 Å². The van der Waals surface area contributed by atoms with Gasteiger partial charge in [0.15, 0.2) is 0 Å². The van der Waals surface area contributed by atoms with Gasteiger partial charge in [0.2, 0.25) is 21.8 Å². The van der Waals surface area contributed by atoms with Crippen LogP contribution in [0, 0.1) is 12.8 Å². The number of rotatable bonds is 4. The number of nitrogens with zero attached hydrogens (tertiary/aromatic N) is 2. The van der Waals surface area contributed by atoms with Gasteiger partial charge in [-0.1, -0.05) is 25.0 Å². The minimum atomic E-state index is -4.58. The van der Waals surface area contributed by atoms with Crippen molar-refractivity contribution in [2.45, 2.75) is 119 Å². The third-order valence-electron chi connectivity index (χ3n) is 11.6. The fourth-order valence-electron chi connectivity index (χ4n) is 8.02. The Labute approximate surface area is 304 Å². The summed E-state index contributed by atoms with van der Waals surface area (Å²) >= 11 is 0. The summed E-state index contributed by atoms with van der Waals surface area (Å²) in [6.07, 6.45) is 1.61. The summed E-state index contributed by atoms with van der Waals surface area (Å²) in [6.45, 7) is 3.05. The fourth-order valence-corrected chi connectivity index (χ4v) is 9.33. The number of hydrogen-bond acceptors (Lipinski definition) is 8. The van der Waals surface area contributed by atoms with Crippen LogP contribution in [0.5, 0.6) is 5.75 Å². The van der Waals surface area contributed by atoms with E-state index in [9.17, 15) is 45.9 Å². The molecule has 4 N–H and O–H groups in total. The number of fused-ring (bicyclic) bond motifs is 5. The molecule has 286 valence electrons. The van der Waals surface area contributed by atoms with E-state index in [4.69, 9.17) is 4.74 Å². The van der Waals surface area contributed by atoms with Gasteiger partial charge in [-0.3, -0.25) is 19.1 Å². The Morgan fingerprint density at radius 3 is 2.57 bits per heavy atom. The zero-order chi connectivity index (χ0) is 38.1. The van der Waals surface area contributed by atoms with Crippen molar-refractivity contribution in [1.29, 1.82) is 0 Å². The number of hydrogen-bond donors (Lipinski definition) is 4. The maximum Gasteiger partial charge on any atom is 0.416 e. The number of halogens is 3. The number of amides is 4. The van der Waals surface area contributed by atoms with Crippen molar-refractivity contribution < 1.29 is 50.6 Å². The minimum Gasteiger partial charge on any atom is -0.483 e. The van der Waals surface area contributed by atoms with E-state index in [0.717, 1.165) is 12.1 Å². The molecule has 1 saturated heterocycles. The van der Waals surface area contributed by atoms with Gasteiger partial charge in [-0.15, -0.1) is 0 Å². The van der Waals surface area contributed by atoms with Crippen LogP contribution >= 0.6 is 0 Å². The first-order valence-corrected chi connectivity index (χ1v) is 19.4. The van der Waals surface area contributed by atoms with Crippen LogP contribution in [-0.4, -0.2) is 81.7 Å². The highest BCUT2D eigenvalue weighted by molar-refractivity contribution is 7.91. The van der Waals surface area contributed by atoms with Crippen LogP contribution in [-0.2, 0) is 37.0 Å². The molecule has 4 amide bonds. The van der Waals surface area contributed by atoms with Crippen molar-refractivity contribution in [2.24, 2.45) is 5.92 Å². The molecule has 0 bridgehead atoms. The monoisotopic (exact) mass is 761 g/mol. The van der Waals surface area contributed by atoms with Gasteiger partial charge in [0.25, 0.3) is 5.91 Å². The average molecular weight is 762 g/mol. The fraction of sp³-hybridized carbons (Fsp3) is 0.583. The van der Waals surface area contributed by atoms with E-state index in [1.54, 1.807) is 19.9 Å². The van der Waals surface area contributed by atoms with E-state index in [-0.39, 0.29) is 49.8 Å². The molecule has 53 heavy (non-hydrogen) atoms. The van der Waals surface area contributed by atoms with Gasteiger partial charge in [-0.25, -0.2) is 18.2 Å². The summed E-state index contributed by atoms with van der Waals surface area (Å²) in [5.41, 5.74) is -2.37. The van der Waals surface area contributed by atoms with E-state index in [0.29, 0.717) is 55.3 Å². The molecular formula is C36H42F3N5O8S. The van der Waals surface area contributed by atoms with Gasteiger partial charge in [-0.05, 0) is 83.4 Å². The molecule has 0 radical (unpaired) electrons. The topological polar surface area (TPSA) is 184 Å². The molecule has 13 nitrogen and oxygen atoms in total. The Morgan fingerprint density at radius 1 is 1.11 bits per heavy atom. The highest BCUT2D eigenvalue weighted by atomic mass is 32.2. The third-order valence-corrected chi connectivity index (χ3v) is 13.8. The summed E-state index contributed by atoms with van der Waals surface area (Å²) in [4.78, 5) is 60.1. The third kappa shape index (κ3) is 6.80. The molecule has 1 aromatic heterocycles. The first kappa shape index (κ1) is 36.9. The zero-order valence-corrected chi connectivity index (χ0v) is 30.2. The number of aromatic nitrogens is 1. The molecule has 7 rings (SSSR count). The second-order valence-corrected chi connectivity index (χ2v) is 17.6. The minimum absolute atomic E-state index is 0.0849. The Morgan fingerprint density at radius 2 is 1.87 bits per heavy atom. The molecule has 4 heterocycles. The van der Waals surface area contributed by atoms with Crippen molar-refractivity contribution in [1.82, 2.24) is 25.2 Å². The Bertz CT molecular complexity index is 2040. The normalized spacial score (nSPS) is 30.4. The van der Waals surface area contributed by atoms with Crippen LogP contribution in [0.2, 0.25) is 0 Å². The number of aryl methyl sites for hydroxylation is 2. The van der Waals surface area contributed by atoms with Gasteiger partial charge in [0, 0.05) is 23.3 Å². The highest BCUT2D eigenvalue weighted by Crippen LogP contribution is 2.49. The Balaban J connectivity index is 1.24. The van der Waals surface area contributed by atoms with E-state index >= 15 is 0 Å². The van der Waals surface area contributed by atoms with Crippen LogP contribution < -0.4 is 20.1 Å². The Hall–Kier alpha value is -4.41. The smallest absolute Gasteiger partial charge is 0.416 e. The molecule has 0 unspecified atom stereocenters. The molecule has 3 fully saturated rings. The van der Waals surface area contributed by atoms with Crippen molar-refractivity contribution in [2.75, 3.05) is 6.54 Å². The van der Waals surface area contributed by atoms with Crippen LogP contribution in [0.1, 0.15) is 88.0 Å². The zero-order valence-electron chi connectivity index (χ0n) is 29.3. The summed E-state index contributed by atoms with van der Waals surface area (Å²) in [7, 11) is -4.05. The van der Waals surface area contributed by atoms with Gasteiger partial charge >= 0.3 is 12.3 Å². The summed E-state index contributed by atoms with van der Waals surface area (Å²) in [5.74, 6) is -2.53. The second-order valence-electron chi connectivity index (χ2n) is 15.4. The molecule has 2 aromatic rings. The number of pyridine rings is 1. The molecule has 5 aliphatic rings. The lowest BCUT2D eigenvalue weighted by molar-refractivity contribution is -0.141. The average Bonchev–Trinajstić information content (AvgIpc) is 3.97. The van der Waals surface area contributed by atoms with Crippen molar-refractivity contribution in [3.05, 3.63) is 47.2 Å². The molecular weight excluding hydrogens is 719 g/mol. The molecule has 2 aliphatic carbocycles. The predicted octanol–water partition coefficient (Wildman–Crippen LogP) is 4.26. The molecule has 2 saturated carbocycles. The van der Waals surface area contributed by atoms with E-state index in [1.807, 2.05) is 6.08 Å². The molecule has 17 heteroatoms. The number of alkyl halides is 3. The van der Waals surface area contributed by atoms with E-state index in [1.165, 1.54) is 11.0 Å². The lowest BCUT2D eigenvalue weighted by Gasteiger charge is -2.36. The molecule has 1 spiro atoms. The largest absolute Gasteiger partial charge is 0.483 e. The first-order chi connectivity index (χ1) is 24.9. The van der Waals surface area contributed by atoms with Crippen LogP contribution in [0.3, 0.4) is 0 Å². The summed E-state index contributed by atoms with van der Waals surface area (Å²) in [5, 5.41) is 15.0. The number of carboxylic acid groups (broad SMARTS) is 1. The first-order valence-electron chi connectivity index (χ1n) is 17.9. The van der Waals surface area contributed by atoms with Crippen LogP contribution in [0.4, 0.5) is 18.0 Å². The van der Waals surface area contributed by atoms with E-state index in [2.05, 4.69) is 20.3 Å². The maximum atomic E-state index is 14.4. The number of benzene rings is 1. The van der Waals surface area contributed by atoms with Gasteiger partial charge in [-0.2, -0.15) is 13.2 Å². The number of nitrogens with one attached hydrogen (secondary N) is 3. The highest BCUT2D eigenvalue weighted by Gasteiger charge is 2.64. The predicted molar refractivity (Wildman–Crippen MR) is 184 cm³/mol. The summed E-state index contributed by atoms with van der Waals surface area (Å²) < 4.78 is 74.9. The van der Waals surface area contributed by atoms with Gasteiger partial charge in [0.05, 0.1) is 28.1 Å². The van der Waals surface area contributed by atoms with E-state index < -0.39 is 79.5 Å². The SMILES string of the molecule is Cc1nc2ccc(C(F)(F)F)cc2c2c1O[C@]1(CC2)C[C@H]2C(=O)N[C@]3(C(=O)NS(=O)(=O)C4(C)CC4)C[C@H]3/C=C\CCCCC[C@H](NC(=O)O)C(=O)N2C1. The number of ether oxygens (including phenoxy) is 1. The van der Waals surface area contributed by atoms with Crippen LogP contribution in [0.15, 0.2) is 30.4 Å². The quantitative estimate of drug-likeness (QED) is 0.331.